The van der Waals surface area contributed by atoms with Gasteiger partial charge in [-0.1, -0.05) is 43.3 Å². The highest BCUT2D eigenvalue weighted by Gasteiger charge is 2.48. The molecule has 1 aliphatic rings. The van der Waals surface area contributed by atoms with Gasteiger partial charge in [0.05, 0.1) is 0 Å². The van der Waals surface area contributed by atoms with Crippen LogP contribution in [-0.4, -0.2) is 11.8 Å². The number of cyclic esters (lactones) is 1. The van der Waals surface area contributed by atoms with E-state index in [-0.39, 0.29) is 11.9 Å². The minimum Gasteiger partial charge on any atom is -0.450 e. The molecule has 102 valence electrons. The quantitative estimate of drug-likeness (QED) is 0.352. The molecule has 0 saturated carbocycles. The number of hydrogen-bond acceptors (Lipinski definition) is 2. The molecule has 3 heteroatoms. The van der Waals surface area contributed by atoms with Crippen molar-refractivity contribution in [2.75, 3.05) is 5.88 Å². The van der Waals surface area contributed by atoms with Crippen LogP contribution < -0.4 is 0 Å². The van der Waals surface area contributed by atoms with Gasteiger partial charge in [-0.05, 0) is 25.3 Å². The summed E-state index contributed by atoms with van der Waals surface area (Å²) in [7, 11) is 0. The molecule has 0 aromatic heterocycles. The van der Waals surface area contributed by atoms with Crippen LogP contribution >= 0.6 is 11.6 Å². The topological polar surface area (TPSA) is 26.3 Å². The summed E-state index contributed by atoms with van der Waals surface area (Å²) in [4.78, 5) is 11.9. The number of carbonyl (C=O) groups is 1. The Morgan fingerprint density at radius 2 is 2.00 bits per heavy atom. The standard InChI is InChI=1S/C16H19ClO2/c1-12-14(10-6-7-11-17)16(2,19-15(12)18)13-8-4-3-5-9-13/h3-5,8-9,14H,1,6-7,10-11H2,2H3/t14-,16-/m0/s1. The van der Waals surface area contributed by atoms with Gasteiger partial charge in [-0.2, -0.15) is 0 Å². The van der Waals surface area contributed by atoms with Crippen molar-refractivity contribution < 1.29 is 9.53 Å². The fourth-order valence-corrected chi connectivity index (χ4v) is 2.91. The summed E-state index contributed by atoms with van der Waals surface area (Å²) in [6.07, 6.45) is 2.80. The maximum Gasteiger partial charge on any atom is 0.334 e. The van der Waals surface area contributed by atoms with Crippen LogP contribution in [0.2, 0.25) is 0 Å². The Bertz CT molecular complexity index is 469. The average Bonchev–Trinajstić information content (AvgIpc) is 2.64. The number of rotatable bonds is 5. The number of ether oxygens (including phenoxy) is 1. The SMILES string of the molecule is C=C1C(=O)O[C@@](C)(c2ccccc2)[C@H]1CCCCCl. The Morgan fingerprint density at radius 1 is 1.32 bits per heavy atom. The summed E-state index contributed by atoms with van der Waals surface area (Å²) in [6.45, 7) is 5.88. The number of carbonyl (C=O) groups excluding carboxylic acids is 1. The smallest absolute Gasteiger partial charge is 0.334 e. The number of hydrogen-bond donors (Lipinski definition) is 0. The van der Waals surface area contributed by atoms with Crippen LogP contribution in [0, 0.1) is 5.92 Å². The molecule has 1 aromatic carbocycles. The van der Waals surface area contributed by atoms with Crippen LogP contribution in [-0.2, 0) is 15.1 Å². The Labute approximate surface area is 119 Å². The second kappa shape index (κ2) is 5.79. The molecule has 1 aliphatic heterocycles. The van der Waals surface area contributed by atoms with Gasteiger partial charge in [-0.25, -0.2) is 4.79 Å². The molecule has 1 fully saturated rings. The van der Waals surface area contributed by atoms with E-state index in [2.05, 4.69) is 6.58 Å². The van der Waals surface area contributed by atoms with Crippen LogP contribution in [0.25, 0.3) is 0 Å². The second-order valence-electron chi connectivity index (χ2n) is 5.13. The molecule has 2 atom stereocenters. The average molecular weight is 279 g/mol. The van der Waals surface area contributed by atoms with Crippen molar-refractivity contribution in [1.29, 1.82) is 0 Å². The van der Waals surface area contributed by atoms with Crippen LogP contribution in [0.5, 0.6) is 0 Å². The zero-order chi connectivity index (χ0) is 13.9. The second-order valence-corrected chi connectivity index (χ2v) is 5.50. The first kappa shape index (κ1) is 14.1. The van der Waals surface area contributed by atoms with Gasteiger partial charge in [-0.3, -0.25) is 0 Å². The van der Waals surface area contributed by atoms with Crippen molar-refractivity contribution in [3.05, 3.63) is 48.0 Å². The first-order valence-corrected chi connectivity index (χ1v) is 7.16. The molecule has 0 radical (unpaired) electrons. The normalized spacial score (nSPS) is 26.5. The minimum absolute atomic E-state index is 0.0330. The molecule has 0 unspecified atom stereocenters. The predicted octanol–water partition coefficient (Wildman–Crippen LogP) is 4.04. The van der Waals surface area contributed by atoms with E-state index in [1.165, 1.54) is 0 Å². The van der Waals surface area contributed by atoms with E-state index < -0.39 is 5.60 Å². The van der Waals surface area contributed by atoms with E-state index in [1.54, 1.807) is 0 Å². The maximum atomic E-state index is 11.9. The molecule has 1 heterocycles. The summed E-state index contributed by atoms with van der Waals surface area (Å²) >= 11 is 5.72. The van der Waals surface area contributed by atoms with E-state index in [0.717, 1.165) is 24.8 Å². The summed E-state index contributed by atoms with van der Waals surface area (Å²) < 4.78 is 5.62. The van der Waals surface area contributed by atoms with Crippen LogP contribution in [0.15, 0.2) is 42.5 Å². The summed E-state index contributed by atoms with van der Waals surface area (Å²) in [5, 5.41) is 0. The molecule has 0 spiro atoms. The van der Waals surface area contributed by atoms with E-state index in [9.17, 15) is 4.79 Å². The zero-order valence-electron chi connectivity index (χ0n) is 11.2. The molecule has 2 nitrogen and oxygen atoms in total. The Kier molecular flexibility index (Phi) is 4.31. The summed E-state index contributed by atoms with van der Waals surface area (Å²) in [5.74, 6) is 0.406. The van der Waals surface area contributed by atoms with E-state index >= 15 is 0 Å². The Hall–Kier alpha value is -1.28. The lowest BCUT2D eigenvalue weighted by molar-refractivity contribution is -0.147. The third-order valence-electron chi connectivity index (χ3n) is 3.88. The highest BCUT2D eigenvalue weighted by Crippen LogP contribution is 2.46. The van der Waals surface area contributed by atoms with Crippen molar-refractivity contribution in [1.82, 2.24) is 0 Å². The number of benzene rings is 1. The van der Waals surface area contributed by atoms with Crippen molar-refractivity contribution >= 4 is 17.6 Å². The molecular formula is C16H19ClO2. The fraction of sp³-hybridized carbons (Fsp3) is 0.438. The van der Waals surface area contributed by atoms with E-state index in [0.29, 0.717) is 11.5 Å². The third kappa shape index (κ3) is 2.69. The predicted molar refractivity (Wildman–Crippen MR) is 77.1 cm³/mol. The van der Waals surface area contributed by atoms with Gasteiger partial charge in [0.15, 0.2) is 0 Å². The first-order valence-electron chi connectivity index (χ1n) is 6.63. The van der Waals surface area contributed by atoms with Gasteiger partial charge in [0, 0.05) is 17.4 Å². The molecule has 0 aliphatic carbocycles. The van der Waals surface area contributed by atoms with Gasteiger partial charge in [0.2, 0.25) is 0 Å². The maximum absolute atomic E-state index is 11.9. The highest BCUT2D eigenvalue weighted by atomic mass is 35.5. The number of esters is 1. The first-order chi connectivity index (χ1) is 9.09. The molecule has 1 aromatic rings. The van der Waals surface area contributed by atoms with E-state index in [4.69, 9.17) is 16.3 Å². The Balaban J connectivity index is 2.26. The van der Waals surface area contributed by atoms with Gasteiger partial charge in [0.25, 0.3) is 0 Å². The monoisotopic (exact) mass is 278 g/mol. The zero-order valence-corrected chi connectivity index (χ0v) is 12.0. The molecule has 0 amide bonds. The van der Waals surface area contributed by atoms with Gasteiger partial charge in [0.1, 0.15) is 5.60 Å². The number of unbranched alkanes of at least 4 members (excludes halogenated alkanes) is 1. The van der Waals surface area contributed by atoms with Gasteiger partial charge < -0.3 is 4.74 Å². The highest BCUT2D eigenvalue weighted by molar-refractivity contribution is 6.17. The molecular weight excluding hydrogens is 260 g/mol. The van der Waals surface area contributed by atoms with Crippen molar-refractivity contribution in [2.24, 2.45) is 5.92 Å². The lowest BCUT2D eigenvalue weighted by Gasteiger charge is -2.30. The number of halogens is 1. The lowest BCUT2D eigenvalue weighted by atomic mass is 9.78. The van der Waals surface area contributed by atoms with Gasteiger partial charge >= 0.3 is 5.97 Å². The third-order valence-corrected chi connectivity index (χ3v) is 4.14. The fourth-order valence-electron chi connectivity index (χ4n) is 2.73. The molecule has 1 saturated heterocycles. The molecule has 0 bridgehead atoms. The molecule has 19 heavy (non-hydrogen) atoms. The molecule has 2 rings (SSSR count). The largest absolute Gasteiger partial charge is 0.450 e. The van der Waals surface area contributed by atoms with Crippen LogP contribution in [0.4, 0.5) is 0 Å². The van der Waals surface area contributed by atoms with Crippen molar-refractivity contribution in [3.8, 4) is 0 Å². The number of alkyl halides is 1. The van der Waals surface area contributed by atoms with Crippen LogP contribution in [0.3, 0.4) is 0 Å². The summed E-state index contributed by atoms with van der Waals surface area (Å²) in [5.41, 5.74) is 1.01. The Morgan fingerprint density at radius 3 is 2.63 bits per heavy atom. The lowest BCUT2D eigenvalue weighted by Crippen LogP contribution is -2.29. The van der Waals surface area contributed by atoms with Gasteiger partial charge in [-0.15, -0.1) is 11.6 Å². The van der Waals surface area contributed by atoms with Crippen molar-refractivity contribution in [3.63, 3.8) is 0 Å². The van der Waals surface area contributed by atoms with E-state index in [1.807, 2.05) is 37.3 Å². The summed E-state index contributed by atoms with van der Waals surface area (Å²) in [6, 6.07) is 9.89. The minimum atomic E-state index is -0.595. The molecule has 0 N–H and O–H groups in total. The van der Waals surface area contributed by atoms with Crippen molar-refractivity contribution in [2.45, 2.75) is 31.8 Å². The van der Waals surface area contributed by atoms with Crippen LogP contribution in [0.1, 0.15) is 31.7 Å².